The van der Waals surface area contributed by atoms with Gasteiger partial charge in [-0.15, -0.1) is 12.4 Å². The van der Waals surface area contributed by atoms with Gasteiger partial charge in [-0.05, 0) is 29.7 Å². The molecule has 0 spiro atoms. The maximum absolute atomic E-state index is 13.2. The minimum atomic E-state index is -0.588. The van der Waals surface area contributed by atoms with Gasteiger partial charge in [-0.3, -0.25) is 10.1 Å². The Hall–Kier alpha value is -1.13. The van der Waals surface area contributed by atoms with Gasteiger partial charge in [0.1, 0.15) is 11.4 Å². The highest BCUT2D eigenvalue weighted by atomic mass is 35.5. The summed E-state index contributed by atoms with van der Waals surface area (Å²) in [5.74, 6) is -0.418. The molecule has 1 saturated carbocycles. The van der Waals surface area contributed by atoms with Crippen LogP contribution in [-0.4, -0.2) is 18.6 Å². The van der Waals surface area contributed by atoms with Crippen molar-refractivity contribution in [2.24, 2.45) is 0 Å². The van der Waals surface area contributed by atoms with E-state index >= 15 is 0 Å². The Morgan fingerprint density at radius 1 is 1.59 bits per heavy atom. The average molecular weight is 258 g/mol. The van der Waals surface area contributed by atoms with Crippen LogP contribution in [0.15, 0.2) is 18.2 Å². The first-order valence-electron chi connectivity index (χ1n) is 5.29. The molecule has 3 nitrogen and oxygen atoms in total. The summed E-state index contributed by atoms with van der Waals surface area (Å²) in [4.78, 5) is 11.6. The Morgan fingerprint density at radius 3 is 3.06 bits per heavy atom. The van der Waals surface area contributed by atoms with E-state index in [1.807, 2.05) is 0 Å². The van der Waals surface area contributed by atoms with Crippen LogP contribution in [0.1, 0.15) is 23.5 Å². The summed E-state index contributed by atoms with van der Waals surface area (Å²) in [6, 6.07) is 4.76. The molecule has 5 heteroatoms. The molecule has 1 heterocycles. The second-order valence-corrected chi connectivity index (χ2v) is 4.42. The number of fused-ring (bicyclic) bond motifs is 3. The first kappa shape index (κ1) is 12.3. The number of halogens is 2. The molecular weight excluding hydrogens is 245 g/mol. The summed E-state index contributed by atoms with van der Waals surface area (Å²) in [6.07, 6.45) is 0.704. The molecule has 1 N–H and O–H groups in total. The number of methoxy groups -OCH3 is 1. The second-order valence-electron chi connectivity index (χ2n) is 4.42. The molecule has 0 radical (unpaired) electrons. The largest absolute Gasteiger partial charge is 0.468 e. The SMILES string of the molecule is COC(=O)C12CC1c1cc(F)ccc1CN2.Cl. The van der Waals surface area contributed by atoms with Gasteiger partial charge in [0.05, 0.1) is 7.11 Å². The van der Waals surface area contributed by atoms with Crippen molar-refractivity contribution >= 4 is 18.4 Å². The Bertz CT molecular complexity index is 480. The molecule has 17 heavy (non-hydrogen) atoms. The smallest absolute Gasteiger partial charge is 0.326 e. The van der Waals surface area contributed by atoms with Gasteiger partial charge in [0.2, 0.25) is 0 Å². The summed E-state index contributed by atoms with van der Waals surface area (Å²) in [6.45, 7) is 0.598. The Kier molecular flexibility index (Phi) is 2.87. The molecule has 1 aromatic carbocycles. The van der Waals surface area contributed by atoms with Crippen molar-refractivity contribution < 1.29 is 13.9 Å². The molecule has 0 amide bonds. The highest BCUT2D eigenvalue weighted by Gasteiger charge is 2.63. The predicted octanol–water partition coefficient (Wildman–Crippen LogP) is 1.75. The molecular formula is C12H13ClFNO2. The number of carbonyl (C=O) groups is 1. The van der Waals surface area contributed by atoms with Gasteiger partial charge in [0, 0.05) is 12.5 Å². The van der Waals surface area contributed by atoms with Crippen LogP contribution in [0.3, 0.4) is 0 Å². The maximum atomic E-state index is 13.2. The minimum Gasteiger partial charge on any atom is -0.468 e. The third-order valence-electron chi connectivity index (χ3n) is 3.59. The van der Waals surface area contributed by atoms with Crippen molar-refractivity contribution in [1.82, 2.24) is 5.32 Å². The lowest BCUT2D eigenvalue weighted by molar-refractivity contribution is -0.144. The topological polar surface area (TPSA) is 38.3 Å². The van der Waals surface area contributed by atoms with Crippen LogP contribution in [0.25, 0.3) is 0 Å². The Labute approximate surface area is 105 Å². The first-order chi connectivity index (χ1) is 7.67. The summed E-state index contributed by atoms with van der Waals surface area (Å²) in [5.41, 5.74) is 1.43. The van der Waals surface area contributed by atoms with Crippen LogP contribution in [0.4, 0.5) is 4.39 Å². The van der Waals surface area contributed by atoms with Crippen molar-refractivity contribution in [3.05, 3.63) is 35.1 Å². The number of hydrogen-bond acceptors (Lipinski definition) is 3. The van der Waals surface area contributed by atoms with E-state index in [9.17, 15) is 9.18 Å². The van der Waals surface area contributed by atoms with Crippen molar-refractivity contribution in [2.75, 3.05) is 7.11 Å². The summed E-state index contributed by atoms with van der Waals surface area (Å²) >= 11 is 0. The molecule has 92 valence electrons. The van der Waals surface area contributed by atoms with Crippen LogP contribution in [0, 0.1) is 5.82 Å². The van der Waals surface area contributed by atoms with Gasteiger partial charge in [-0.1, -0.05) is 6.07 Å². The van der Waals surface area contributed by atoms with Gasteiger partial charge >= 0.3 is 5.97 Å². The molecule has 2 atom stereocenters. The van der Waals surface area contributed by atoms with E-state index in [4.69, 9.17) is 4.74 Å². The third kappa shape index (κ3) is 1.63. The van der Waals surface area contributed by atoms with E-state index in [0.29, 0.717) is 13.0 Å². The normalized spacial score (nSPS) is 28.5. The number of benzene rings is 1. The van der Waals surface area contributed by atoms with Gasteiger partial charge in [-0.2, -0.15) is 0 Å². The first-order valence-corrected chi connectivity index (χ1v) is 5.29. The van der Waals surface area contributed by atoms with E-state index in [-0.39, 0.29) is 30.1 Å². The number of rotatable bonds is 1. The van der Waals surface area contributed by atoms with Gasteiger partial charge < -0.3 is 4.74 Å². The molecule has 1 aromatic rings. The van der Waals surface area contributed by atoms with Gasteiger partial charge in [0.15, 0.2) is 0 Å². The van der Waals surface area contributed by atoms with Crippen molar-refractivity contribution in [3.8, 4) is 0 Å². The third-order valence-corrected chi connectivity index (χ3v) is 3.59. The van der Waals surface area contributed by atoms with E-state index < -0.39 is 5.54 Å². The maximum Gasteiger partial charge on any atom is 0.326 e. The molecule has 1 aliphatic heterocycles. The zero-order valence-corrected chi connectivity index (χ0v) is 10.1. The molecule has 0 aromatic heterocycles. The van der Waals surface area contributed by atoms with Crippen LogP contribution < -0.4 is 5.32 Å². The lowest BCUT2D eigenvalue weighted by Gasteiger charge is -2.23. The van der Waals surface area contributed by atoms with Gasteiger partial charge in [-0.25, -0.2) is 4.39 Å². The minimum absolute atomic E-state index is 0. The summed E-state index contributed by atoms with van der Waals surface area (Å²) < 4.78 is 17.9. The van der Waals surface area contributed by atoms with E-state index in [1.165, 1.54) is 19.2 Å². The number of esters is 1. The number of hydrogen-bond donors (Lipinski definition) is 1. The highest BCUT2D eigenvalue weighted by Crippen LogP contribution is 2.55. The van der Waals surface area contributed by atoms with E-state index in [1.54, 1.807) is 6.07 Å². The fourth-order valence-corrected chi connectivity index (χ4v) is 2.62. The predicted molar refractivity (Wildman–Crippen MR) is 62.6 cm³/mol. The second kappa shape index (κ2) is 3.96. The molecule has 0 bridgehead atoms. The monoisotopic (exact) mass is 257 g/mol. The summed E-state index contributed by atoms with van der Waals surface area (Å²) in [5, 5.41) is 3.20. The Morgan fingerprint density at radius 2 is 2.35 bits per heavy atom. The quantitative estimate of drug-likeness (QED) is 0.779. The molecule has 2 unspecified atom stereocenters. The van der Waals surface area contributed by atoms with E-state index in [2.05, 4.69) is 5.32 Å². The van der Waals surface area contributed by atoms with Gasteiger partial charge in [0.25, 0.3) is 0 Å². The zero-order valence-electron chi connectivity index (χ0n) is 9.33. The molecule has 0 saturated heterocycles. The molecule has 1 fully saturated rings. The van der Waals surface area contributed by atoms with E-state index in [0.717, 1.165) is 11.1 Å². The lowest BCUT2D eigenvalue weighted by atomic mass is 9.96. The molecule has 3 rings (SSSR count). The highest BCUT2D eigenvalue weighted by molar-refractivity contribution is 5.87. The van der Waals surface area contributed by atoms with Crippen molar-refractivity contribution in [2.45, 2.75) is 24.4 Å². The van der Waals surface area contributed by atoms with Crippen LogP contribution in [0.2, 0.25) is 0 Å². The standard InChI is InChI=1S/C12H12FNO2.ClH/c1-16-11(15)12-5-10(12)9-4-8(13)3-2-7(9)6-14-12;/h2-4,10,14H,5-6H2,1H3;1H. The van der Waals surface area contributed by atoms with Crippen molar-refractivity contribution in [1.29, 1.82) is 0 Å². The zero-order chi connectivity index (χ0) is 11.3. The van der Waals surface area contributed by atoms with Crippen molar-refractivity contribution in [3.63, 3.8) is 0 Å². The fraction of sp³-hybridized carbons (Fsp3) is 0.417. The summed E-state index contributed by atoms with van der Waals surface area (Å²) in [7, 11) is 1.38. The fourth-order valence-electron chi connectivity index (χ4n) is 2.62. The number of nitrogens with one attached hydrogen (secondary N) is 1. The van der Waals surface area contributed by atoms with Crippen LogP contribution >= 0.6 is 12.4 Å². The lowest BCUT2D eigenvalue weighted by Crippen LogP contribution is -2.43. The number of carbonyl (C=O) groups excluding carboxylic acids is 1. The molecule has 1 aliphatic carbocycles. The number of ether oxygens (including phenoxy) is 1. The average Bonchev–Trinajstić information content (AvgIpc) is 3.04. The Balaban J connectivity index is 0.00000108. The van der Waals surface area contributed by atoms with Crippen LogP contribution in [-0.2, 0) is 16.1 Å². The molecule has 2 aliphatic rings. The van der Waals surface area contributed by atoms with Crippen LogP contribution in [0.5, 0.6) is 0 Å².